The lowest BCUT2D eigenvalue weighted by Gasteiger charge is -2.10. The molecule has 2 aromatic carbocycles. The van der Waals surface area contributed by atoms with Crippen LogP contribution in [0.4, 0.5) is 11.4 Å². The molecule has 1 heterocycles. The molecule has 0 aliphatic carbocycles. The largest absolute Gasteiger partial charge is 0.369 e. The molecule has 144 valence electrons. The van der Waals surface area contributed by atoms with Gasteiger partial charge in [-0.05, 0) is 36.8 Å². The van der Waals surface area contributed by atoms with Crippen LogP contribution in [0.2, 0.25) is 5.02 Å². The van der Waals surface area contributed by atoms with Crippen LogP contribution in [0.1, 0.15) is 12.0 Å². The molecule has 3 rings (SSSR count). The molecule has 1 aliphatic heterocycles. The van der Waals surface area contributed by atoms with E-state index in [1.165, 1.54) is 0 Å². The fourth-order valence-corrected chi connectivity index (χ4v) is 2.73. The van der Waals surface area contributed by atoms with Gasteiger partial charge in [-0.1, -0.05) is 35.9 Å². The van der Waals surface area contributed by atoms with E-state index in [4.69, 9.17) is 17.3 Å². The number of carbonyl (C=O) groups excluding carboxylic acids is 2. The number of para-hydroxylation sites is 1. The molecule has 0 bridgehead atoms. The molecule has 9 heteroatoms. The van der Waals surface area contributed by atoms with Crippen LogP contribution in [0.5, 0.6) is 0 Å². The number of hydrogen-bond donors (Lipinski definition) is 4. The number of halogens is 1. The highest BCUT2D eigenvalue weighted by Gasteiger charge is 2.28. The van der Waals surface area contributed by atoms with Gasteiger partial charge in [0, 0.05) is 16.4 Å². The molecule has 0 aromatic heterocycles. The summed E-state index contributed by atoms with van der Waals surface area (Å²) < 4.78 is 0. The second-order valence-corrected chi connectivity index (χ2v) is 6.52. The van der Waals surface area contributed by atoms with Gasteiger partial charge < -0.3 is 16.4 Å². The molecule has 1 unspecified atom stereocenters. The SMILES string of the molecule is Cc1c(Cl)cccc1NC(=O)CC1N=C(/N=C(\N)Nc2ccccc2)NC1=O. The molecule has 1 aliphatic rings. The summed E-state index contributed by atoms with van der Waals surface area (Å²) in [5.41, 5.74) is 7.92. The van der Waals surface area contributed by atoms with Crippen molar-refractivity contribution in [1.82, 2.24) is 5.32 Å². The van der Waals surface area contributed by atoms with Gasteiger partial charge in [0.1, 0.15) is 6.04 Å². The van der Waals surface area contributed by atoms with Gasteiger partial charge in [-0.2, -0.15) is 4.99 Å². The number of aliphatic imine (C=N–C) groups is 2. The van der Waals surface area contributed by atoms with Gasteiger partial charge in [-0.15, -0.1) is 0 Å². The van der Waals surface area contributed by atoms with Crippen molar-refractivity contribution >= 4 is 46.7 Å². The highest BCUT2D eigenvalue weighted by atomic mass is 35.5. The molecule has 0 radical (unpaired) electrons. The van der Waals surface area contributed by atoms with Crippen molar-refractivity contribution in [2.75, 3.05) is 10.6 Å². The Morgan fingerprint density at radius 1 is 1.21 bits per heavy atom. The maximum Gasteiger partial charge on any atom is 0.252 e. The lowest BCUT2D eigenvalue weighted by atomic mass is 10.1. The Hall–Kier alpha value is -3.39. The van der Waals surface area contributed by atoms with Crippen molar-refractivity contribution in [3.05, 3.63) is 59.1 Å². The number of nitrogens with two attached hydrogens (primary N) is 1. The van der Waals surface area contributed by atoms with Crippen molar-refractivity contribution in [1.29, 1.82) is 0 Å². The number of benzene rings is 2. The summed E-state index contributed by atoms with van der Waals surface area (Å²) in [6, 6.07) is 13.6. The number of amides is 2. The summed E-state index contributed by atoms with van der Waals surface area (Å²) in [6.45, 7) is 1.80. The van der Waals surface area contributed by atoms with E-state index in [1.807, 2.05) is 30.3 Å². The first kappa shape index (κ1) is 19.4. The van der Waals surface area contributed by atoms with E-state index >= 15 is 0 Å². The first-order valence-electron chi connectivity index (χ1n) is 8.52. The molecule has 2 aromatic rings. The third-order valence-corrected chi connectivity index (χ3v) is 4.42. The van der Waals surface area contributed by atoms with Crippen LogP contribution in [0.25, 0.3) is 0 Å². The molecule has 0 saturated heterocycles. The van der Waals surface area contributed by atoms with Crippen molar-refractivity contribution in [3.8, 4) is 0 Å². The number of rotatable bonds is 4. The second-order valence-electron chi connectivity index (χ2n) is 6.11. The Morgan fingerprint density at radius 3 is 2.71 bits per heavy atom. The van der Waals surface area contributed by atoms with Crippen molar-refractivity contribution in [2.45, 2.75) is 19.4 Å². The first-order chi connectivity index (χ1) is 13.4. The summed E-state index contributed by atoms with van der Waals surface area (Å²) in [5.74, 6) is -0.633. The van der Waals surface area contributed by atoms with E-state index in [0.29, 0.717) is 10.7 Å². The summed E-state index contributed by atoms with van der Waals surface area (Å²) in [6.07, 6.45) is -0.122. The second kappa shape index (κ2) is 8.53. The lowest BCUT2D eigenvalue weighted by molar-refractivity contribution is -0.123. The average Bonchev–Trinajstić information content (AvgIpc) is 2.98. The number of nitrogens with zero attached hydrogens (tertiary/aromatic N) is 2. The smallest absolute Gasteiger partial charge is 0.252 e. The van der Waals surface area contributed by atoms with Crippen molar-refractivity contribution in [3.63, 3.8) is 0 Å². The molecular formula is C19H19ClN6O2. The fourth-order valence-electron chi connectivity index (χ4n) is 2.56. The van der Waals surface area contributed by atoms with Gasteiger partial charge in [0.25, 0.3) is 5.91 Å². The lowest BCUT2D eigenvalue weighted by Crippen LogP contribution is -2.32. The number of nitrogens with one attached hydrogen (secondary N) is 3. The van der Waals surface area contributed by atoms with Crippen LogP contribution in [0, 0.1) is 6.92 Å². The topological polar surface area (TPSA) is 121 Å². The van der Waals surface area contributed by atoms with E-state index in [9.17, 15) is 9.59 Å². The fraction of sp³-hybridized carbons (Fsp3) is 0.158. The number of hydrogen-bond acceptors (Lipinski definition) is 4. The quantitative estimate of drug-likeness (QED) is 0.466. The molecule has 8 nitrogen and oxygen atoms in total. The predicted octanol–water partition coefficient (Wildman–Crippen LogP) is 2.26. The zero-order valence-electron chi connectivity index (χ0n) is 15.1. The van der Waals surface area contributed by atoms with Crippen molar-refractivity contribution < 1.29 is 9.59 Å². The van der Waals surface area contributed by atoms with Crippen molar-refractivity contribution in [2.24, 2.45) is 15.7 Å². The molecule has 0 fully saturated rings. The minimum Gasteiger partial charge on any atom is -0.369 e. The number of guanidine groups is 2. The van der Waals surface area contributed by atoms with Gasteiger partial charge in [-0.3, -0.25) is 14.9 Å². The van der Waals surface area contributed by atoms with Gasteiger partial charge in [0.05, 0.1) is 6.42 Å². The normalized spacial score (nSPS) is 16.4. The summed E-state index contributed by atoms with van der Waals surface area (Å²) >= 11 is 6.05. The van der Waals surface area contributed by atoms with Gasteiger partial charge in [-0.25, -0.2) is 4.99 Å². The molecule has 0 saturated carbocycles. The van der Waals surface area contributed by atoms with Gasteiger partial charge in [0.15, 0.2) is 0 Å². The minimum atomic E-state index is -0.872. The van der Waals surface area contributed by atoms with Crippen LogP contribution < -0.4 is 21.7 Å². The Bertz CT molecular complexity index is 958. The molecule has 5 N–H and O–H groups in total. The number of anilines is 2. The Kier molecular flexibility index (Phi) is 5.90. The molecule has 1 atom stereocenters. The first-order valence-corrected chi connectivity index (χ1v) is 8.90. The zero-order valence-corrected chi connectivity index (χ0v) is 15.8. The third kappa shape index (κ3) is 4.86. The van der Waals surface area contributed by atoms with Gasteiger partial charge in [0.2, 0.25) is 17.8 Å². The van der Waals surface area contributed by atoms with Crippen LogP contribution in [-0.2, 0) is 9.59 Å². The highest BCUT2D eigenvalue weighted by molar-refractivity contribution is 6.31. The van der Waals surface area contributed by atoms with Crippen LogP contribution in [0.3, 0.4) is 0 Å². The highest BCUT2D eigenvalue weighted by Crippen LogP contribution is 2.23. The molecule has 2 amide bonds. The number of carbonyl (C=O) groups is 2. The molecular weight excluding hydrogens is 380 g/mol. The minimum absolute atomic E-state index is 0.0580. The maximum atomic E-state index is 12.3. The predicted molar refractivity (Wildman–Crippen MR) is 110 cm³/mol. The van der Waals surface area contributed by atoms with E-state index in [2.05, 4.69) is 25.9 Å². The maximum absolute atomic E-state index is 12.3. The zero-order chi connectivity index (χ0) is 20.1. The van der Waals surface area contributed by atoms with Crippen LogP contribution in [0.15, 0.2) is 58.5 Å². The molecule has 0 spiro atoms. The van der Waals surface area contributed by atoms with E-state index in [1.54, 1.807) is 25.1 Å². The summed E-state index contributed by atoms with van der Waals surface area (Å²) in [4.78, 5) is 32.5. The molecule has 28 heavy (non-hydrogen) atoms. The van der Waals surface area contributed by atoms with E-state index in [0.717, 1.165) is 11.3 Å². The Labute approximate surface area is 166 Å². The Morgan fingerprint density at radius 2 is 1.96 bits per heavy atom. The standard InChI is InChI=1S/C19H19ClN6O2/c1-11-13(20)8-5-9-14(11)23-16(27)10-15-17(28)25-19(24-15)26-18(21)22-12-6-3-2-4-7-12/h2-9,15H,10H2,1H3,(H,23,27)(H4,21,22,24,25,26,28). The van der Waals surface area contributed by atoms with Crippen LogP contribution in [-0.4, -0.2) is 29.8 Å². The monoisotopic (exact) mass is 398 g/mol. The van der Waals surface area contributed by atoms with Crippen LogP contribution >= 0.6 is 11.6 Å². The average molecular weight is 399 g/mol. The third-order valence-electron chi connectivity index (χ3n) is 4.01. The Balaban J connectivity index is 1.62. The van der Waals surface area contributed by atoms with Gasteiger partial charge >= 0.3 is 0 Å². The summed E-state index contributed by atoms with van der Waals surface area (Å²) in [7, 11) is 0. The van der Waals surface area contributed by atoms with E-state index in [-0.39, 0.29) is 24.2 Å². The summed E-state index contributed by atoms with van der Waals surface area (Å²) in [5, 5.41) is 8.69. The van der Waals surface area contributed by atoms with E-state index < -0.39 is 11.9 Å².